The zero-order chi connectivity index (χ0) is 14.8. The average molecular weight is 299 g/mol. The molecule has 0 fully saturated rings. The minimum absolute atomic E-state index is 0.331. The van der Waals surface area contributed by atoms with Crippen LogP contribution in [0.25, 0.3) is 10.9 Å². The Hall–Kier alpha value is -2.60. The number of fused-ring (bicyclic) bond motifs is 1. The lowest BCUT2D eigenvalue weighted by atomic mass is 10.2. The van der Waals surface area contributed by atoms with E-state index in [1.165, 1.54) is 11.8 Å². The number of benzene rings is 2. The molecule has 2 aromatic carbocycles. The molecule has 1 aromatic heterocycles. The maximum atomic E-state index is 11.1. The molecule has 6 heteroatoms. The molecule has 0 unspecified atom stereocenters. The Morgan fingerprint density at radius 2 is 1.81 bits per heavy atom. The van der Waals surface area contributed by atoms with Crippen LogP contribution in [0.15, 0.2) is 58.3 Å². The summed E-state index contributed by atoms with van der Waals surface area (Å²) in [4.78, 5) is 15.8. The SMILES string of the molecule is NC(=O)Oc1[nH]c2ccccc2c1Sc1ccccc1N. The number of anilines is 1. The third-order valence-electron chi connectivity index (χ3n) is 2.96. The topological polar surface area (TPSA) is 94.1 Å². The number of primary amides is 1. The Kier molecular flexibility index (Phi) is 3.45. The van der Waals surface area contributed by atoms with E-state index < -0.39 is 6.09 Å². The van der Waals surface area contributed by atoms with Crippen molar-refractivity contribution in [1.82, 2.24) is 4.98 Å². The molecule has 0 saturated heterocycles. The fourth-order valence-electron chi connectivity index (χ4n) is 2.05. The minimum Gasteiger partial charge on any atom is -0.398 e. The molecule has 0 saturated carbocycles. The lowest BCUT2D eigenvalue weighted by Gasteiger charge is -2.06. The molecular weight excluding hydrogens is 286 g/mol. The first-order chi connectivity index (χ1) is 10.1. The predicted molar refractivity (Wildman–Crippen MR) is 83.5 cm³/mol. The van der Waals surface area contributed by atoms with Gasteiger partial charge in [0.15, 0.2) is 0 Å². The number of para-hydroxylation sites is 2. The van der Waals surface area contributed by atoms with Gasteiger partial charge >= 0.3 is 6.09 Å². The van der Waals surface area contributed by atoms with E-state index in [1.807, 2.05) is 48.5 Å². The van der Waals surface area contributed by atoms with Crippen molar-refractivity contribution < 1.29 is 9.53 Å². The number of aromatic nitrogens is 1. The summed E-state index contributed by atoms with van der Waals surface area (Å²) < 4.78 is 5.06. The smallest absolute Gasteiger partial charge is 0.398 e. The Bertz CT molecular complexity index is 814. The summed E-state index contributed by atoms with van der Waals surface area (Å²) in [7, 11) is 0. The van der Waals surface area contributed by atoms with Crippen molar-refractivity contribution in [3.8, 4) is 5.88 Å². The van der Waals surface area contributed by atoms with Crippen molar-refractivity contribution >= 4 is 34.4 Å². The number of nitrogens with two attached hydrogens (primary N) is 2. The van der Waals surface area contributed by atoms with Crippen LogP contribution in [0, 0.1) is 0 Å². The van der Waals surface area contributed by atoms with E-state index in [-0.39, 0.29) is 0 Å². The van der Waals surface area contributed by atoms with E-state index in [2.05, 4.69) is 4.98 Å². The van der Waals surface area contributed by atoms with Gasteiger partial charge in [-0.15, -0.1) is 0 Å². The molecule has 0 aliphatic carbocycles. The van der Waals surface area contributed by atoms with Crippen molar-refractivity contribution in [2.45, 2.75) is 9.79 Å². The lowest BCUT2D eigenvalue weighted by molar-refractivity contribution is 0.208. The van der Waals surface area contributed by atoms with Crippen molar-refractivity contribution in [1.29, 1.82) is 0 Å². The summed E-state index contributed by atoms with van der Waals surface area (Å²) in [5.41, 5.74) is 12.6. The van der Waals surface area contributed by atoms with E-state index in [9.17, 15) is 4.79 Å². The Labute approximate surface area is 125 Å². The molecule has 5 N–H and O–H groups in total. The first-order valence-electron chi connectivity index (χ1n) is 6.25. The number of carbonyl (C=O) groups is 1. The highest BCUT2D eigenvalue weighted by atomic mass is 32.2. The van der Waals surface area contributed by atoms with Gasteiger partial charge in [0.1, 0.15) is 0 Å². The van der Waals surface area contributed by atoms with Gasteiger partial charge < -0.3 is 21.2 Å². The van der Waals surface area contributed by atoms with Crippen LogP contribution < -0.4 is 16.2 Å². The van der Waals surface area contributed by atoms with Crippen LogP contribution in [0.1, 0.15) is 0 Å². The number of rotatable bonds is 3. The van der Waals surface area contributed by atoms with E-state index in [0.717, 1.165) is 20.7 Å². The number of ether oxygens (including phenoxy) is 1. The van der Waals surface area contributed by atoms with Crippen LogP contribution in [0.3, 0.4) is 0 Å². The van der Waals surface area contributed by atoms with Crippen LogP contribution in [-0.4, -0.2) is 11.1 Å². The number of H-pyrrole nitrogens is 1. The standard InChI is InChI=1S/C15H13N3O2S/c16-10-6-2-4-8-12(10)21-13-9-5-1-3-7-11(9)18-14(13)20-15(17)19/h1-8,18H,16H2,(H2,17,19). The predicted octanol–water partition coefficient (Wildman–Crippen LogP) is 3.36. The molecule has 106 valence electrons. The molecule has 0 bridgehead atoms. The van der Waals surface area contributed by atoms with Crippen LogP contribution >= 0.6 is 11.8 Å². The third kappa shape index (κ3) is 2.66. The van der Waals surface area contributed by atoms with Crippen LogP contribution in [0.2, 0.25) is 0 Å². The molecule has 3 rings (SSSR count). The highest BCUT2D eigenvalue weighted by molar-refractivity contribution is 7.99. The highest BCUT2D eigenvalue weighted by Gasteiger charge is 2.16. The van der Waals surface area contributed by atoms with E-state index in [0.29, 0.717) is 11.6 Å². The molecule has 0 aliphatic heterocycles. The molecule has 0 spiro atoms. The maximum absolute atomic E-state index is 11.1. The number of nitrogen functional groups attached to an aromatic ring is 1. The second-order valence-corrected chi connectivity index (χ2v) is 5.44. The van der Waals surface area contributed by atoms with Gasteiger partial charge in [-0.2, -0.15) is 0 Å². The van der Waals surface area contributed by atoms with E-state index in [1.54, 1.807) is 0 Å². The van der Waals surface area contributed by atoms with Crippen LogP contribution in [0.4, 0.5) is 10.5 Å². The van der Waals surface area contributed by atoms with Crippen molar-refractivity contribution in [3.63, 3.8) is 0 Å². The van der Waals surface area contributed by atoms with Gasteiger partial charge in [0.25, 0.3) is 0 Å². The number of carbonyl (C=O) groups excluding carboxylic acids is 1. The molecule has 0 aliphatic rings. The fourth-order valence-corrected chi connectivity index (χ4v) is 3.07. The monoisotopic (exact) mass is 299 g/mol. The molecular formula is C15H13N3O2S. The second kappa shape index (κ2) is 5.41. The maximum Gasteiger partial charge on any atom is 0.411 e. The van der Waals surface area contributed by atoms with E-state index >= 15 is 0 Å². The number of nitrogens with one attached hydrogen (secondary N) is 1. The van der Waals surface area contributed by atoms with Gasteiger partial charge in [-0.1, -0.05) is 42.1 Å². The first kappa shape index (κ1) is 13.4. The average Bonchev–Trinajstić information content (AvgIpc) is 2.78. The largest absolute Gasteiger partial charge is 0.411 e. The summed E-state index contributed by atoms with van der Waals surface area (Å²) in [5, 5.41) is 0.946. The van der Waals surface area contributed by atoms with Gasteiger partial charge in [0.2, 0.25) is 5.88 Å². The molecule has 0 atom stereocenters. The second-order valence-electron chi connectivity index (χ2n) is 4.39. The summed E-state index contributed by atoms with van der Waals surface area (Å²) >= 11 is 1.43. The number of hydrogen-bond acceptors (Lipinski definition) is 4. The fraction of sp³-hybridized carbons (Fsp3) is 0. The summed E-state index contributed by atoms with van der Waals surface area (Å²) in [6.07, 6.45) is -0.857. The quantitative estimate of drug-likeness (QED) is 0.646. The molecule has 3 aromatic rings. The Morgan fingerprint density at radius 3 is 2.57 bits per heavy atom. The summed E-state index contributed by atoms with van der Waals surface area (Å²) in [6.45, 7) is 0. The zero-order valence-electron chi connectivity index (χ0n) is 11.0. The number of hydrogen-bond donors (Lipinski definition) is 3. The van der Waals surface area contributed by atoms with Crippen LogP contribution in [0.5, 0.6) is 5.88 Å². The Morgan fingerprint density at radius 1 is 1.10 bits per heavy atom. The zero-order valence-corrected chi connectivity index (χ0v) is 11.8. The van der Waals surface area contributed by atoms with Crippen molar-refractivity contribution in [2.75, 3.05) is 5.73 Å². The van der Waals surface area contributed by atoms with E-state index in [4.69, 9.17) is 16.2 Å². The van der Waals surface area contributed by atoms with Gasteiger partial charge in [0.05, 0.1) is 4.90 Å². The third-order valence-corrected chi connectivity index (χ3v) is 4.16. The molecule has 21 heavy (non-hydrogen) atoms. The number of aromatic amines is 1. The van der Waals surface area contributed by atoms with Crippen molar-refractivity contribution in [3.05, 3.63) is 48.5 Å². The highest BCUT2D eigenvalue weighted by Crippen LogP contribution is 2.42. The first-order valence-corrected chi connectivity index (χ1v) is 7.07. The molecule has 1 amide bonds. The Balaban J connectivity index is 2.11. The summed E-state index contributed by atoms with van der Waals surface area (Å²) in [6, 6.07) is 15.2. The molecule has 0 radical (unpaired) electrons. The van der Waals surface area contributed by atoms with Crippen molar-refractivity contribution in [2.24, 2.45) is 5.73 Å². The molecule has 5 nitrogen and oxygen atoms in total. The van der Waals surface area contributed by atoms with Gasteiger partial charge in [-0.05, 0) is 18.2 Å². The normalized spacial score (nSPS) is 10.7. The lowest BCUT2D eigenvalue weighted by Crippen LogP contribution is -2.16. The number of amides is 1. The van der Waals surface area contributed by atoms with Gasteiger partial charge in [0, 0.05) is 21.5 Å². The van der Waals surface area contributed by atoms with Gasteiger partial charge in [-0.3, -0.25) is 0 Å². The summed E-state index contributed by atoms with van der Waals surface area (Å²) in [5.74, 6) is 0.331. The molecule has 1 heterocycles. The van der Waals surface area contributed by atoms with Gasteiger partial charge in [-0.25, -0.2) is 4.79 Å². The van der Waals surface area contributed by atoms with Crippen LogP contribution in [-0.2, 0) is 0 Å². The minimum atomic E-state index is -0.857.